The van der Waals surface area contributed by atoms with Gasteiger partial charge in [-0.25, -0.2) is 4.79 Å². The van der Waals surface area contributed by atoms with Gasteiger partial charge in [0.15, 0.2) is 0 Å². The summed E-state index contributed by atoms with van der Waals surface area (Å²) in [6.45, 7) is 2.96. The van der Waals surface area contributed by atoms with Gasteiger partial charge in [0, 0.05) is 13.1 Å². The molecule has 1 heterocycles. The fourth-order valence-electron chi connectivity index (χ4n) is 2.41. The first-order chi connectivity index (χ1) is 8.74. The summed E-state index contributed by atoms with van der Waals surface area (Å²) < 4.78 is 5.08. The number of amides is 1. The molecule has 0 spiro atoms. The second-order valence-electron chi connectivity index (χ2n) is 4.75. The monoisotopic (exact) mass is 248 g/mol. The highest BCUT2D eigenvalue weighted by atomic mass is 16.6. The lowest BCUT2D eigenvalue weighted by molar-refractivity contribution is 0.0967. The lowest BCUT2D eigenvalue weighted by atomic mass is 10.2. The van der Waals surface area contributed by atoms with Crippen LogP contribution >= 0.6 is 0 Å². The zero-order valence-electron chi connectivity index (χ0n) is 10.5. The lowest BCUT2D eigenvalue weighted by Gasteiger charge is -2.20. The van der Waals surface area contributed by atoms with Crippen molar-refractivity contribution in [2.75, 3.05) is 13.1 Å². The van der Waals surface area contributed by atoms with Crippen molar-refractivity contribution in [3.8, 4) is 0 Å². The quantitative estimate of drug-likeness (QED) is 0.891. The molecule has 1 unspecified atom stereocenters. The molecule has 4 nitrogen and oxygen atoms in total. The SMILES string of the molecule is NC(=O)OC1CCCN(Cc2ccccc2)CC1. The second-order valence-corrected chi connectivity index (χ2v) is 4.75. The van der Waals surface area contributed by atoms with Gasteiger partial charge in [-0.05, 0) is 31.4 Å². The number of nitrogens with zero attached hydrogens (tertiary/aromatic N) is 1. The number of hydrogen-bond acceptors (Lipinski definition) is 3. The van der Waals surface area contributed by atoms with Crippen LogP contribution in [0.5, 0.6) is 0 Å². The molecule has 1 fully saturated rings. The summed E-state index contributed by atoms with van der Waals surface area (Å²) in [4.78, 5) is 13.1. The molecular weight excluding hydrogens is 228 g/mol. The zero-order chi connectivity index (χ0) is 12.8. The number of carbonyl (C=O) groups excluding carboxylic acids is 1. The number of nitrogens with two attached hydrogens (primary N) is 1. The van der Waals surface area contributed by atoms with Gasteiger partial charge in [0.1, 0.15) is 6.10 Å². The van der Waals surface area contributed by atoms with Gasteiger partial charge in [-0.1, -0.05) is 30.3 Å². The van der Waals surface area contributed by atoms with E-state index >= 15 is 0 Å². The van der Waals surface area contributed by atoms with Crippen LogP contribution in [0.15, 0.2) is 30.3 Å². The van der Waals surface area contributed by atoms with Gasteiger partial charge in [0.05, 0.1) is 0 Å². The highest BCUT2D eigenvalue weighted by Gasteiger charge is 2.19. The Hall–Kier alpha value is -1.55. The normalized spacial score (nSPS) is 21.2. The number of primary amides is 1. The number of rotatable bonds is 3. The molecule has 0 radical (unpaired) electrons. The van der Waals surface area contributed by atoms with Gasteiger partial charge in [-0.15, -0.1) is 0 Å². The molecule has 0 saturated carbocycles. The highest BCUT2D eigenvalue weighted by molar-refractivity contribution is 5.64. The third-order valence-corrected chi connectivity index (χ3v) is 3.30. The Morgan fingerprint density at radius 3 is 2.78 bits per heavy atom. The zero-order valence-corrected chi connectivity index (χ0v) is 10.5. The van der Waals surface area contributed by atoms with E-state index in [9.17, 15) is 4.79 Å². The number of carbonyl (C=O) groups is 1. The first-order valence-electron chi connectivity index (χ1n) is 6.46. The summed E-state index contributed by atoms with van der Waals surface area (Å²) >= 11 is 0. The molecule has 2 N–H and O–H groups in total. The van der Waals surface area contributed by atoms with Gasteiger partial charge < -0.3 is 10.5 Å². The maximum Gasteiger partial charge on any atom is 0.404 e. The van der Waals surface area contributed by atoms with Crippen LogP contribution in [-0.4, -0.2) is 30.2 Å². The van der Waals surface area contributed by atoms with Crippen LogP contribution in [0.2, 0.25) is 0 Å². The first-order valence-corrected chi connectivity index (χ1v) is 6.46. The van der Waals surface area contributed by atoms with Crippen molar-refractivity contribution >= 4 is 6.09 Å². The Morgan fingerprint density at radius 2 is 2.06 bits per heavy atom. The molecule has 1 saturated heterocycles. The van der Waals surface area contributed by atoms with Crippen LogP contribution in [0.4, 0.5) is 4.79 Å². The number of likely N-dealkylation sites (tertiary alicyclic amines) is 1. The minimum absolute atomic E-state index is 0.0109. The average Bonchev–Trinajstić information content (AvgIpc) is 2.56. The van der Waals surface area contributed by atoms with Crippen molar-refractivity contribution in [3.63, 3.8) is 0 Å². The topological polar surface area (TPSA) is 55.6 Å². The van der Waals surface area contributed by atoms with E-state index in [0.717, 1.165) is 38.9 Å². The molecule has 1 amide bonds. The van der Waals surface area contributed by atoms with E-state index in [1.807, 2.05) is 6.07 Å². The minimum atomic E-state index is -0.656. The molecule has 1 aliphatic heterocycles. The van der Waals surface area contributed by atoms with Crippen molar-refractivity contribution in [3.05, 3.63) is 35.9 Å². The van der Waals surface area contributed by atoms with Crippen molar-refractivity contribution < 1.29 is 9.53 Å². The fourth-order valence-corrected chi connectivity index (χ4v) is 2.41. The predicted octanol–water partition coefficient (Wildman–Crippen LogP) is 2.14. The Balaban J connectivity index is 1.84. The molecular formula is C14H20N2O2. The van der Waals surface area contributed by atoms with E-state index in [0.29, 0.717) is 0 Å². The molecule has 18 heavy (non-hydrogen) atoms. The number of ether oxygens (including phenoxy) is 1. The summed E-state index contributed by atoms with van der Waals surface area (Å²) in [6.07, 6.45) is 2.16. The molecule has 0 aliphatic carbocycles. The molecule has 98 valence electrons. The lowest BCUT2D eigenvalue weighted by Crippen LogP contribution is -2.26. The summed E-state index contributed by atoms with van der Waals surface area (Å²) in [5, 5.41) is 0. The van der Waals surface area contributed by atoms with E-state index < -0.39 is 6.09 Å². The highest BCUT2D eigenvalue weighted by Crippen LogP contribution is 2.16. The number of hydrogen-bond donors (Lipinski definition) is 1. The van der Waals surface area contributed by atoms with Gasteiger partial charge in [0.25, 0.3) is 0 Å². The predicted molar refractivity (Wildman–Crippen MR) is 70.0 cm³/mol. The first kappa shape index (κ1) is 12.9. The van der Waals surface area contributed by atoms with Crippen LogP contribution in [0.1, 0.15) is 24.8 Å². The van der Waals surface area contributed by atoms with Crippen LogP contribution in [-0.2, 0) is 11.3 Å². The average molecular weight is 248 g/mol. The third kappa shape index (κ3) is 4.04. The largest absolute Gasteiger partial charge is 0.446 e. The van der Waals surface area contributed by atoms with E-state index in [-0.39, 0.29) is 6.10 Å². The molecule has 1 aromatic rings. The van der Waals surface area contributed by atoms with Gasteiger partial charge in [0.2, 0.25) is 0 Å². The van der Waals surface area contributed by atoms with Crippen molar-refractivity contribution in [1.82, 2.24) is 4.90 Å². The van der Waals surface area contributed by atoms with Crippen LogP contribution < -0.4 is 5.73 Å². The molecule has 2 rings (SSSR count). The summed E-state index contributed by atoms with van der Waals surface area (Å²) in [5.41, 5.74) is 6.38. The third-order valence-electron chi connectivity index (χ3n) is 3.30. The molecule has 1 aliphatic rings. The fraction of sp³-hybridized carbons (Fsp3) is 0.500. The van der Waals surface area contributed by atoms with E-state index in [4.69, 9.17) is 10.5 Å². The van der Waals surface area contributed by atoms with E-state index in [1.165, 1.54) is 5.56 Å². The summed E-state index contributed by atoms with van der Waals surface area (Å²) in [5.74, 6) is 0. The van der Waals surface area contributed by atoms with Crippen molar-refractivity contribution in [2.24, 2.45) is 5.73 Å². The maximum absolute atomic E-state index is 10.7. The molecule has 1 atom stereocenters. The Bertz CT molecular complexity index is 381. The standard InChI is InChI=1S/C14H20N2O2/c15-14(17)18-13-7-4-9-16(10-8-13)11-12-5-2-1-3-6-12/h1-3,5-6,13H,4,7-11H2,(H2,15,17). The molecule has 0 bridgehead atoms. The van der Waals surface area contributed by atoms with Gasteiger partial charge >= 0.3 is 6.09 Å². The van der Waals surface area contributed by atoms with Gasteiger partial charge in [-0.3, -0.25) is 4.90 Å². The van der Waals surface area contributed by atoms with Crippen molar-refractivity contribution in [2.45, 2.75) is 31.9 Å². The number of benzene rings is 1. The Morgan fingerprint density at radius 1 is 1.28 bits per heavy atom. The van der Waals surface area contributed by atoms with Gasteiger partial charge in [-0.2, -0.15) is 0 Å². The minimum Gasteiger partial charge on any atom is -0.446 e. The molecule has 4 heteroatoms. The second kappa shape index (κ2) is 6.40. The summed E-state index contributed by atoms with van der Waals surface area (Å²) in [6, 6.07) is 10.4. The Labute approximate surface area is 108 Å². The van der Waals surface area contributed by atoms with Crippen LogP contribution in [0.3, 0.4) is 0 Å². The maximum atomic E-state index is 10.7. The van der Waals surface area contributed by atoms with E-state index in [1.54, 1.807) is 0 Å². The molecule has 0 aromatic heterocycles. The smallest absolute Gasteiger partial charge is 0.404 e. The molecule has 1 aromatic carbocycles. The van der Waals surface area contributed by atoms with Crippen LogP contribution in [0, 0.1) is 0 Å². The van der Waals surface area contributed by atoms with Crippen LogP contribution in [0.25, 0.3) is 0 Å². The summed E-state index contributed by atoms with van der Waals surface area (Å²) in [7, 11) is 0. The Kier molecular flexibility index (Phi) is 4.59. The van der Waals surface area contributed by atoms with E-state index in [2.05, 4.69) is 29.2 Å². The van der Waals surface area contributed by atoms with Crippen molar-refractivity contribution in [1.29, 1.82) is 0 Å².